The monoisotopic (exact) mass is 384 g/mol. The van der Waals surface area contributed by atoms with Crippen LogP contribution in [0, 0.1) is 6.92 Å². The Morgan fingerprint density at radius 2 is 2.08 bits per heavy atom. The quantitative estimate of drug-likeness (QED) is 0.364. The molecule has 148 valence electrons. The third-order valence-corrected chi connectivity index (χ3v) is 5.18. The summed E-state index contributed by atoms with van der Waals surface area (Å²) in [7, 11) is -1.43. The van der Waals surface area contributed by atoms with Gasteiger partial charge in [-0.1, -0.05) is 19.1 Å². The highest BCUT2D eigenvalue weighted by atomic mass is 32.2. The molecule has 0 heterocycles. The average molecular weight is 385 g/mol. The topological polar surface area (TPSA) is 83.0 Å². The molecule has 0 saturated heterocycles. The zero-order valence-electron chi connectivity index (χ0n) is 16.4. The van der Waals surface area contributed by atoms with Gasteiger partial charge in [-0.3, -0.25) is 4.99 Å². The van der Waals surface area contributed by atoms with Gasteiger partial charge in [0.2, 0.25) is 10.0 Å². The molecule has 7 nitrogen and oxygen atoms in total. The molecule has 0 aliphatic heterocycles. The van der Waals surface area contributed by atoms with Crippen LogP contribution in [0.3, 0.4) is 0 Å². The molecule has 0 aliphatic rings. The second-order valence-corrected chi connectivity index (χ2v) is 8.22. The fraction of sp³-hybridized carbons (Fsp3) is 0.611. The average Bonchev–Trinajstić information content (AvgIpc) is 2.56. The second kappa shape index (κ2) is 11.0. The molecule has 0 aliphatic carbocycles. The van der Waals surface area contributed by atoms with Gasteiger partial charge < -0.3 is 15.4 Å². The molecule has 0 saturated carbocycles. The molecular weight excluding hydrogens is 352 g/mol. The highest BCUT2D eigenvalue weighted by molar-refractivity contribution is 7.88. The summed E-state index contributed by atoms with van der Waals surface area (Å²) < 4.78 is 30.4. The first-order valence-electron chi connectivity index (χ1n) is 8.89. The van der Waals surface area contributed by atoms with Gasteiger partial charge in [-0.15, -0.1) is 0 Å². The predicted octanol–water partition coefficient (Wildman–Crippen LogP) is 1.60. The zero-order valence-corrected chi connectivity index (χ0v) is 17.3. The van der Waals surface area contributed by atoms with Crippen molar-refractivity contribution in [1.29, 1.82) is 0 Å². The molecule has 8 heteroatoms. The fourth-order valence-electron chi connectivity index (χ4n) is 2.44. The highest BCUT2D eigenvalue weighted by Crippen LogP contribution is 2.13. The van der Waals surface area contributed by atoms with E-state index in [0.717, 1.165) is 11.3 Å². The van der Waals surface area contributed by atoms with Gasteiger partial charge in [0.1, 0.15) is 11.9 Å². The van der Waals surface area contributed by atoms with Crippen LogP contribution < -0.4 is 15.4 Å². The van der Waals surface area contributed by atoms with E-state index in [-0.39, 0.29) is 6.10 Å². The Bertz CT molecular complexity index is 677. The van der Waals surface area contributed by atoms with Crippen LogP contribution in [0.5, 0.6) is 5.75 Å². The minimum absolute atomic E-state index is 0.0174. The molecule has 1 unspecified atom stereocenters. The minimum atomic E-state index is -3.13. The third-order valence-electron chi connectivity index (χ3n) is 3.81. The number of aryl methyl sites for hydroxylation is 1. The number of ether oxygens (including phenoxy) is 1. The maximum absolute atomic E-state index is 11.6. The van der Waals surface area contributed by atoms with E-state index in [4.69, 9.17) is 4.74 Å². The Morgan fingerprint density at radius 1 is 1.35 bits per heavy atom. The summed E-state index contributed by atoms with van der Waals surface area (Å²) in [5, 5.41) is 6.41. The Labute approximate surface area is 157 Å². The van der Waals surface area contributed by atoms with Crippen molar-refractivity contribution in [2.45, 2.75) is 33.3 Å². The second-order valence-electron chi connectivity index (χ2n) is 6.23. The summed E-state index contributed by atoms with van der Waals surface area (Å²) in [6, 6.07) is 7.95. The SMILES string of the molecule is CCN(CCCNC(=NC)NCC(C)Oc1cccc(C)c1)S(C)(=O)=O. The van der Waals surface area contributed by atoms with Gasteiger partial charge in [0.15, 0.2) is 5.96 Å². The lowest BCUT2D eigenvalue weighted by Gasteiger charge is -2.19. The molecule has 2 N–H and O–H groups in total. The van der Waals surface area contributed by atoms with E-state index in [2.05, 4.69) is 15.6 Å². The van der Waals surface area contributed by atoms with Gasteiger partial charge in [-0.05, 0) is 38.0 Å². The van der Waals surface area contributed by atoms with Crippen LogP contribution in [0.1, 0.15) is 25.8 Å². The molecule has 0 bridgehead atoms. The molecule has 1 aromatic rings. The van der Waals surface area contributed by atoms with Crippen molar-refractivity contribution in [2.75, 3.05) is 39.5 Å². The molecular formula is C18H32N4O3S. The summed E-state index contributed by atoms with van der Waals surface area (Å²) in [4.78, 5) is 4.17. The first-order chi connectivity index (χ1) is 12.3. The van der Waals surface area contributed by atoms with E-state index in [1.165, 1.54) is 10.6 Å². The summed E-state index contributed by atoms with van der Waals surface area (Å²) in [6.45, 7) is 8.09. The fourth-order valence-corrected chi connectivity index (χ4v) is 3.37. The number of guanidine groups is 1. The van der Waals surface area contributed by atoms with E-state index in [1.807, 2.05) is 45.0 Å². The van der Waals surface area contributed by atoms with Crippen molar-refractivity contribution in [1.82, 2.24) is 14.9 Å². The van der Waals surface area contributed by atoms with Gasteiger partial charge in [-0.2, -0.15) is 0 Å². The van der Waals surface area contributed by atoms with Crippen LogP contribution in [0.15, 0.2) is 29.3 Å². The third kappa shape index (κ3) is 8.53. The Balaban J connectivity index is 2.32. The van der Waals surface area contributed by atoms with E-state index in [1.54, 1.807) is 7.05 Å². The van der Waals surface area contributed by atoms with E-state index >= 15 is 0 Å². The van der Waals surface area contributed by atoms with Gasteiger partial charge in [0, 0.05) is 26.7 Å². The largest absolute Gasteiger partial charge is 0.489 e. The van der Waals surface area contributed by atoms with Crippen LogP contribution in [0.4, 0.5) is 0 Å². The number of rotatable bonds is 10. The lowest BCUT2D eigenvalue weighted by molar-refractivity contribution is 0.223. The van der Waals surface area contributed by atoms with E-state index < -0.39 is 10.0 Å². The number of nitrogens with one attached hydrogen (secondary N) is 2. The zero-order chi connectivity index (χ0) is 19.6. The Kier molecular flexibility index (Phi) is 9.43. The first kappa shape index (κ1) is 22.2. The van der Waals surface area contributed by atoms with Crippen molar-refractivity contribution in [2.24, 2.45) is 4.99 Å². The summed E-state index contributed by atoms with van der Waals surface area (Å²) in [5.41, 5.74) is 1.16. The molecule has 1 aromatic carbocycles. The molecule has 1 rings (SSSR count). The maximum Gasteiger partial charge on any atom is 0.211 e. The van der Waals surface area contributed by atoms with Gasteiger partial charge in [0.05, 0.1) is 12.8 Å². The van der Waals surface area contributed by atoms with Gasteiger partial charge in [0.25, 0.3) is 0 Å². The normalized spacial score (nSPS) is 13.5. The van der Waals surface area contributed by atoms with Crippen molar-refractivity contribution in [3.8, 4) is 5.75 Å². The molecule has 0 amide bonds. The molecule has 1 atom stereocenters. The smallest absolute Gasteiger partial charge is 0.211 e. The van der Waals surface area contributed by atoms with Crippen molar-refractivity contribution in [3.05, 3.63) is 29.8 Å². The van der Waals surface area contributed by atoms with Crippen molar-refractivity contribution < 1.29 is 13.2 Å². The molecule has 26 heavy (non-hydrogen) atoms. The summed E-state index contributed by atoms with van der Waals surface area (Å²) in [6.07, 6.45) is 1.92. The molecule has 0 fully saturated rings. The first-order valence-corrected chi connectivity index (χ1v) is 10.7. The van der Waals surface area contributed by atoms with E-state index in [9.17, 15) is 8.42 Å². The molecule has 0 radical (unpaired) electrons. The molecule has 0 spiro atoms. The highest BCUT2D eigenvalue weighted by Gasteiger charge is 2.13. The van der Waals surface area contributed by atoms with E-state index in [0.29, 0.717) is 38.6 Å². The van der Waals surface area contributed by atoms with Crippen LogP contribution in [-0.2, 0) is 10.0 Å². The van der Waals surface area contributed by atoms with Crippen LogP contribution in [0.25, 0.3) is 0 Å². The van der Waals surface area contributed by atoms with Crippen LogP contribution in [-0.4, -0.2) is 64.3 Å². The number of nitrogens with zero attached hydrogens (tertiary/aromatic N) is 2. The standard InChI is InChI=1S/C18H32N4O3S/c1-6-22(26(5,23)24)12-8-11-20-18(19-4)21-14-16(3)25-17-10-7-9-15(2)13-17/h7,9-10,13,16H,6,8,11-12,14H2,1-5H3,(H2,19,20,21). The lowest BCUT2D eigenvalue weighted by Crippen LogP contribution is -2.42. The minimum Gasteiger partial charge on any atom is -0.489 e. The van der Waals surface area contributed by atoms with Crippen LogP contribution >= 0.6 is 0 Å². The number of sulfonamides is 1. The van der Waals surface area contributed by atoms with Gasteiger partial charge in [-0.25, -0.2) is 12.7 Å². The number of benzene rings is 1. The van der Waals surface area contributed by atoms with Crippen molar-refractivity contribution >= 4 is 16.0 Å². The maximum atomic E-state index is 11.6. The van der Waals surface area contributed by atoms with Crippen LogP contribution in [0.2, 0.25) is 0 Å². The molecule has 0 aromatic heterocycles. The number of aliphatic imine (C=N–C) groups is 1. The predicted molar refractivity (Wildman–Crippen MR) is 107 cm³/mol. The summed E-state index contributed by atoms with van der Waals surface area (Å²) in [5.74, 6) is 1.52. The van der Waals surface area contributed by atoms with Gasteiger partial charge >= 0.3 is 0 Å². The van der Waals surface area contributed by atoms with Crippen molar-refractivity contribution in [3.63, 3.8) is 0 Å². The Hall–Kier alpha value is -1.80. The lowest BCUT2D eigenvalue weighted by atomic mass is 10.2. The number of hydrogen-bond acceptors (Lipinski definition) is 4. The number of hydrogen-bond donors (Lipinski definition) is 2. The summed E-state index contributed by atoms with van der Waals surface area (Å²) >= 11 is 0. The Morgan fingerprint density at radius 3 is 2.65 bits per heavy atom.